The first kappa shape index (κ1) is 15.5. The van der Waals surface area contributed by atoms with E-state index in [2.05, 4.69) is 15.3 Å². The highest BCUT2D eigenvalue weighted by Crippen LogP contribution is 2.34. The molecule has 0 aliphatic carbocycles. The van der Waals surface area contributed by atoms with E-state index in [4.69, 9.17) is 16.3 Å². The predicted octanol–water partition coefficient (Wildman–Crippen LogP) is 4.68. The van der Waals surface area contributed by atoms with Gasteiger partial charge < -0.3 is 4.74 Å². The molecule has 0 fully saturated rings. The van der Waals surface area contributed by atoms with Crippen molar-refractivity contribution in [2.75, 3.05) is 0 Å². The lowest BCUT2D eigenvalue weighted by Crippen LogP contribution is -1.97. The summed E-state index contributed by atoms with van der Waals surface area (Å²) in [6, 6.07) is 15.5. The minimum atomic E-state index is -0.339. The maximum atomic E-state index is 13.8. The van der Waals surface area contributed by atoms with Gasteiger partial charge in [-0.25, -0.2) is 4.39 Å². The molecule has 0 bridgehead atoms. The lowest BCUT2D eigenvalue weighted by molar-refractivity contribution is 0.452. The summed E-state index contributed by atoms with van der Waals surface area (Å²) < 4.78 is 21.0. The van der Waals surface area contributed by atoms with Crippen LogP contribution in [0.2, 0.25) is 5.28 Å². The molecule has 2 aromatic carbocycles. The number of nitrogens with zero attached hydrogens (tertiary/aromatic N) is 4. The van der Waals surface area contributed by atoms with Crippen molar-refractivity contribution in [3.05, 3.63) is 71.3 Å². The largest absolute Gasteiger partial charge is 0.437 e. The van der Waals surface area contributed by atoms with Crippen molar-refractivity contribution in [3.63, 3.8) is 0 Å². The van der Waals surface area contributed by atoms with Crippen molar-refractivity contribution in [1.82, 2.24) is 19.8 Å². The van der Waals surface area contributed by atoms with Gasteiger partial charge in [-0.3, -0.25) is 0 Å². The lowest BCUT2D eigenvalue weighted by atomic mass is 10.0. The van der Waals surface area contributed by atoms with Gasteiger partial charge in [-0.05, 0) is 48.4 Å². The molecule has 0 radical (unpaired) electrons. The van der Waals surface area contributed by atoms with E-state index in [1.165, 1.54) is 16.6 Å². The summed E-state index contributed by atoms with van der Waals surface area (Å²) in [5.41, 5.74) is 3.08. The summed E-state index contributed by atoms with van der Waals surface area (Å²) in [6.45, 7) is 1.98. The van der Waals surface area contributed by atoms with Crippen LogP contribution in [0.5, 0.6) is 11.6 Å². The van der Waals surface area contributed by atoms with E-state index >= 15 is 0 Å². The Morgan fingerprint density at radius 3 is 2.76 bits per heavy atom. The van der Waals surface area contributed by atoms with Gasteiger partial charge in [-0.2, -0.15) is 4.52 Å². The Morgan fingerprint density at radius 1 is 1.04 bits per heavy atom. The summed E-state index contributed by atoms with van der Waals surface area (Å²) >= 11 is 5.93. The minimum absolute atomic E-state index is 0.137. The number of fused-ring (bicyclic) bond motifs is 1. The molecule has 7 heteroatoms. The fraction of sp³-hybridized carbons (Fsp3) is 0.0556. The topological polar surface area (TPSA) is 52.3 Å². The van der Waals surface area contributed by atoms with Crippen molar-refractivity contribution in [2.45, 2.75) is 6.92 Å². The van der Waals surface area contributed by atoms with Gasteiger partial charge in [0, 0.05) is 11.6 Å². The third-order valence-corrected chi connectivity index (χ3v) is 3.92. The van der Waals surface area contributed by atoms with E-state index in [1.54, 1.807) is 18.2 Å². The van der Waals surface area contributed by atoms with Gasteiger partial charge in [-0.15, -0.1) is 15.3 Å². The summed E-state index contributed by atoms with van der Waals surface area (Å²) in [5, 5.41) is 12.0. The summed E-state index contributed by atoms with van der Waals surface area (Å²) in [4.78, 5) is 0. The molecule has 124 valence electrons. The van der Waals surface area contributed by atoms with E-state index in [-0.39, 0.29) is 11.1 Å². The SMILES string of the molecule is Cc1cccc(-c2cc(F)ccc2Oc2ccc3nnc(Cl)n3n2)c1. The zero-order valence-corrected chi connectivity index (χ0v) is 13.9. The minimum Gasteiger partial charge on any atom is -0.437 e. The van der Waals surface area contributed by atoms with Gasteiger partial charge in [0.1, 0.15) is 11.6 Å². The molecule has 0 aliphatic heterocycles. The average molecular weight is 355 g/mol. The fourth-order valence-corrected chi connectivity index (χ4v) is 2.70. The molecule has 25 heavy (non-hydrogen) atoms. The Morgan fingerprint density at radius 2 is 1.92 bits per heavy atom. The second kappa shape index (κ2) is 6.14. The molecule has 2 heterocycles. The standard InChI is InChI=1S/C18H12ClFN4O/c1-11-3-2-4-12(9-11)14-10-13(20)5-6-15(14)25-17-8-7-16-21-22-18(19)24(16)23-17/h2-10H,1H3. The molecule has 0 spiro atoms. The first-order chi connectivity index (χ1) is 12.1. The number of aryl methyl sites for hydroxylation is 1. The molecule has 0 N–H and O–H groups in total. The molecule has 0 unspecified atom stereocenters. The first-order valence-corrected chi connectivity index (χ1v) is 7.90. The quantitative estimate of drug-likeness (QED) is 0.536. The highest BCUT2D eigenvalue weighted by atomic mass is 35.5. The van der Waals surface area contributed by atoms with E-state index in [0.717, 1.165) is 11.1 Å². The molecule has 4 aromatic rings. The van der Waals surface area contributed by atoms with Crippen molar-refractivity contribution in [1.29, 1.82) is 0 Å². The third-order valence-electron chi connectivity index (χ3n) is 3.69. The molecule has 0 saturated carbocycles. The molecule has 0 aliphatic rings. The Hall–Kier alpha value is -2.99. The van der Waals surface area contributed by atoms with E-state index in [0.29, 0.717) is 22.8 Å². The monoisotopic (exact) mass is 354 g/mol. The molecule has 2 aromatic heterocycles. The third kappa shape index (κ3) is 3.04. The molecular formula is C18H12ClFN4O. The van der Waals surface area contributed by atoms with Crippen molar-refractivity contribution >= 4 is 17.2 Å². The second-order valence-corrected chi connectivity index (χ2v) is 5.86. The highest BCUT2D eigenvalue weighted by molar-refractivity contribution is 6.28. The van der Waals surface area contributed by atoms with Crippen LogP contribution in [0, 0.1) is 12.7 Å². The van der Waals surface area contributed by atoms with Crippen LogP contribution < -0.4 is 4.74 Å². The van der Waals surface area contributed by atoms with E-state index in [9.17, 15) is 4.39 Å². The molecule has 4 rings (SSSR count). The Bertz CT molecular complexity index is 1080. The lowest BCUT2D eigenvalue weighted by Gasteiger charge is -2.11. The van der Waals surface area contributed by atoms with Crippen LogP contribution in [0.15, 0.2) is 54.6 Å². The number of hydrogen-bond acceptors (Lipinski definition) is 4. The number of rotatable bonds is 3. The fourth-order valence-electron chi connectivity index (χ4n) is 2.54. The predicted molar refractivity (Wildman–Crippen MR) is 92.4 cm³/mol. The van der Waals surface area contributed by atoms with Crippen LogP contribution in [0.4, 0.5) is 4.39 Å². The van der Waals surface area contributed by atoms with Gasteiger partial charge >= 0.3 is 0 Å². The van der Waals surface area contributed by atoms with Gasteiger partial charge in [0.05, 0.1) is 0 Å². The van der Waals surface area contributed by atoms with Gasteiger partial charge in [0.25, 0.3) is 0 Å². The highest BCUT2D eigenvalue weighted by Gasteiger charge is 2.12. The summed E-state index contributed by atoms with van der Waals surface area (Å²) in [6.07, 6.45) is 0. The second-order valence-electron chi connectivity index (χ2n) is 5.52. The normalized spacial score (nSPS) is 11.0. The number of hydrogen-bond donors (Lipinski definition) is 0. The Labute approximate surface area is 147 Å². The maximum Gasteiger partial charge on any atom is 0.246 e. The molecule has 5 nitrogen and oxygen atoms in total. The zero-order valence-electron chi connectivity index (χ0n) is 13.1. The van der Waals surface area contributed by atoms with Gasteiger partial charge in [0.2, 0.25) is 11.2 Å². The van der Waals surface area contributed by atoms with Crippen molar-refractivity contribution in [2.24, 2.45) is 0 Å². The van der Waals surface area contributed by atoms with Crippen molar-refractivity contribution in [3.8, 4) is 22.8 Å². The van der Waals surface area contributed by atoms with Crippen molar-refractivity contribution < 1.29 is 9.13 Å². The molecule has 0 atom stereocenters. The summed E-state index contributed by atoms with van der Waals surface area (Å²) in [5.74, 6) is 0.451. The Kier molecular flexibility index (Phi) is 3.82. The van der Waals surface area contributed by atoms with Crippen LogP contribution in [0.3, 0.4) is 0 Å². The van der Waals surface area contributed by atoms with Crippen LogP contribution in [0.25, 0.3) is 16.8 Å². The van der Waals surface area contributed by atoms with Crippen LogP contribution in [-0.2, 0) is 0 Å². The van der Waals surface area contributed by atoms with E-state index in [1.807, 2.05) is 31.2 Å². The number of aromatic nitrogens is 4. The van der Waals surface area contributed by atoms with Crippen LogP contribution in [-0.4, -0.2) is 19.8 Å². The molecular weight excluding hydrogens is 343 g/mol. The van der Waals surface area contributed by atoms with Gasteiger partial charge in [0.15, 0.2) is 5.65 Å². The zero-order chi connectivity index (χ0) is 17.4. The average Bonchev–Trinajstić information content (AvgIpc) is 2.97. The number of benzene rings is 2. The molecule has 0 saturated heterocycles. The van der Waals surface area contributed by atoms with Crippen LogP contribution in [0.1, 0.15) is 5.56 Å². The first-order valence-electron chi connectivity index (χ1n) is 7.52. The molecule has 0 amide bonds. The van der Waals surface area contributed by atoms with E-state index < -0.39 is 0 Å². The maximum absolute atomic E-state index is 13.8. The number of ether oxygens (including phenoxy) is 1. The van der Waals surface area contributed by atoms with Gasteiger partial charge in [-0.1, -0.05) is 29.8 Å². The van der Waals surface area contributed by atoms with Crippen LogP contribution >= 0.6 is 11.6 Å². The number of halogens is 2. The summed E-state index contributed by atoms with van der Waals surface area (Å²) in [7, 11) is 0. The Balaban J connectivity index is 1.78. The smallest absolute Gasteiger partial charge is 0.246 e.